The molecule has 1 aromatic rings. The highest BCUT2D eigenvalue weighted by atomic mass is 35.5. The molecule has 1 saturated carbocycles. The topological polar surface area (TPSA) is 40.5 Å². The molecule has 1 saturated heterocycles. The molecular formula is C17H21Cl2NO2. The monoisotopic (exact) mass is 341 g/mol. The van der Waals surface area contributed by atoms with Gasteiger partial charge in [0.25, 0.3) is 0 Å². The van der Waals surface area contributed by atoms with Crippen molar-refractivity contribution in [1.82, 2.24) is 4.90 Å². The normalized spacial score (nSPS) is 28.7. The highest BCUT2D eigenvalue weighted by Gasteiger charge is 2.48. The molecular weight excluding hydrogens is 321 g/mol. The lowest BCUT2D eigenvalue weighted by atomic mass is 10.1. The molecule has 3 rings (SSSR count). The predicted octanol–water partition coefficient (Wildman–Crippen LogP) is 3.86. The summed E-state index contributed by atoms with van der Waals surface area (Å²) in [6.45, 7) is 2.60. The van der Waals surface area contributed by atoms with Crippen LogP contribution < -0.4 is 0 Å². The van der Waals surface area contributed by atoms with Crippen LogP contribution >= 0.6 is 23.2 Å². The number of aliphatic hydroxyl groups is 1. The Balaban J connectivity index is 1.67. The van der Waals surface area contributed by atoms with E-state index in [-0.39, 0.29) is 29.9 Å². The van der Waals surface area contributed by atoms with Crippen molar-refractivity contribution in [3.05, 3.63) is 33.8 Å². The maximum Gasteiger partial charge on any atom is 0.226 e. The van der Waals surface area contributed by atoms with E-state index in [1.165, 1.54) is 0 Å². The van der Waals surface area contributed by atoms with Gasteiger partial charge in [0.15, 0.2) is 0 Å². The molecule has 0 aromatic heterocycles. The Bertz CT molecular complexity index is 576. The van der Waals surface area contributed by atoms with Crippen LogP contribution in [-0.2, 0) is 4.79 Å². The van der Waals surface area contributed by atoms with Crippen LogP contribution in [0, 0.1) is 5.92 Å². The second-order valence-electron chi connectivity index (χ2n) is 6.53. The van der Waals surface area contributed by atoms with E-state index in [0.29, 0.717) is 16.5 Å². The third-order valence-electron chi connectivity index (χ3n) is 4.74. The lowest BCUT2D eigenvalue weighted by Gasteiger charge is -2.26. The number of carbonyl (C=O) groups is 1. The van der Waals surface area contributed by atoms with Gasteiger partial charge in [-0.1, -0.05) is 29.3 Å². The predicted molar refractivity (Wildman–Crippen MR) is 88.3 cm³/mol. The van der Waals surface area contributed by atoms with Crippen LogP contribution in [0.15, 0.2) is 18.2 Å². The van der Waals surface area contributed by atoms with Crippen molar-refractivity contribution < 1.29 is 9.90 Å². The van der Waals surface area contributed by atoms with Crippen LogP contribution in [0.1, 0.15) is 44.1 Å². The van der Waals surface area contributed by atoms with Crippen molar-refractivity contribution in [2.24, 2.45) is 5.92 Å². The number of likely N-dealkylation sites (tertiary alicyclic amines) is 1. The first kappa shape index (κ1) is 16.1. The molecule has 1 aliphatic heterocycles. The molecule has 22 heavy (non-hydrogen) atoms. The molecule has 0 radical (unpaired) electrons. The number of aliphatic hydroxyl groups excluding tert-OH is 1. The maximum atomic E-state index is 12.7. The van der Waals surface area contributed by atoms with Crippen LogP contribution in [0.3, 0.4) is 0 Å². The van der Waals surface area contributed by atoms with Gasteiger partial charge in [-0.05, 0) is 56.2 Å². The number of nitrogens with zero attached hydrogens (tertiary/aromatic N) is 1. The average molecular weight is 342 g/mol. The molecule has 4 unspecified atom stereocenters. The van der Waals surface area contributed by atoms with E-state index in [4.69, 9.17) is 23.2 Å². The molecule has 0 spiro atoms. The number of benzene rings is 1. The Morgan fingerprint density at radius 1 is 1.45 bits per heavy atom. The van der Waals surface area contributed by atoms with Crippen molar-refractivity contribution in [2.45, 2.75) is 50.7 Å². The lowest BCUT2D eigenvalue weighted by molar-refractivity contribution is -0.133. The second kappa shape index (κ2) is 6.38. The Kier molecular flexibility index (Phi) is 4.67. The quantitative estimate of drug-likeness (QED) is 0.903. The summed E-state index contributed by atoms with van der Waals surface area (Å²) < 4.78 is 0. The van der Waals surface area contributed by atoms with Crippen LogP contribution in [0.2, 0.25) is 10.0 Å². The summed E-state index contributed by atoms with van der Waals surface area (Å²) in [5.41, 5.74) is 1.02. The Labute approximate surface area is 141 Å². The van der Waals surface area contributed by atoms with Gasteiger partial charge >= 0.3 is 0 Å². The van der Waals surface area contributed by atoms with Crippen LogP contribution in [0.4, 0.5) is 0 Å². The summed E-state index contributed by atoms with van der Waals surface area (Å²) >= 11 is 12.2. The van der Waals surface area contributed by atoms with Gasteiger partial charge in [-0.25, -0.2) is 0 Å². The van der Waals surface area contributed by atoms with E-state index < -0.39 is 0 Å². The van der Waals surface area contributed by atoms with Crippen LogP contribution in [0.5, 0.6) is 0 Å². The number of hydrogen-bond donors (Lipinski definition) is 1. The Morgan fingerprint density at radius 2 is 2.23 bits per heavy atom. The highest BCUT2D eigenvalue weighted by Crippen LogP contribution is 2.51. The minimum atomic E-state index is -0.362. The summed E-state index contributed by atoms with van der Waals surface area (Å²) in [5.74, 6) is 0.470. The maximum absolute atomic E-state index is 12.7. The molecule has 120 valence electrons. The Morgan fingerprint density at radius 3 is 2.91 bits per heavy atom. The average Bonchev–Trinajstić information content (AvgIpc) is 3.09. The van der Waals surface area contributed by atoms with Crippen molar-refractivity contribution in [3.63, 3.8) is 0 Å². The number of hydrogen-bond acceptors (Lipinski definition) is 2. The van der Waals surface area contributed by atoms with Crippen LogP contribution in [-0.4, -0.2) is 34.6 Å². The molecule has 0 bridgehead atoms. The molecule has 1 N–H and O–H groups in total. The molecule has 1 aromatic carbocycles. The molecule has 2 fully saturated rings. The first-order valence-corrected chi connectivity index (χ1v) is 8.66. The van der Waals surface area contributed by atoms with Gasteiger partial charge in [-0.15, -0.1) is 0 Å². The smallest absolute Gasteiger partial charge is 0.226 e. The fourth-order valence-corrected chi connectivity index (χ4v) is 4.14. The number of rotatable bonds is 4. The minimum absolute atomic E-state index is 0.0354. The molecule has 1 aliphatic carbocycles. The summed E-state index contributed by atoms with van der Waals surface area (Å²) in [7, 11) is 0. The number of amides is 1. The van der Waals surface area contributed by atoms with E-state index in [9.17, 15) is 9.90 Å². The molecule has 5 heteroatoms. The summed E-state index contributed by atoms with van der Waals surface area (Å²) in [6, 6.07) is 5.69. The largest absolute Gasteiger partial charge is 0.393 e. The van der Waals surface area contributed by atoms with E-state index >= 15 is 0 Å². The van der Waals surface area contributed by atoms with Gasteiger partial charge < -0.3 is 10.0 Å². The number of halogens is 2. The van der Waals surface area contributed by atoms with Gasteiger partial charge in [-0.3, -0.25) is 4.79 Å². The number of carbonyl (C=O) groups excluding carboxylic acids is 1. The van der Waals surface area contributed by atoms with Gasteiger partial charge in [0.1, 0.15) is 0 Å². The fraction of sp³-hybridized carbons (Fsp3) is 0.588. The first-order valence-electron chi connectivity index (χ1n) is 7.91. The van der Waals surface area contributed by atoms with Gasteiger partial charge in [0, 0.05) is 28.5 Å². The van der Waals surface area contributed by atoms with Gasteiger partial charge in [0.05, 0.1) is 6.10 Å². The minimum Gasteiger partial charge on any atom is -0.393 e. The Hall–Kier alpha value is -0.770. The molecule has 1 heterocycles. The lowest BCUT2D eigenvalue weighted by Crippen LogP contribution is -2.38. The zero-order valence-electron chi connectivity index (χ0n) is 12.6. The van der Waals surface area contributed by atoms with Crippen molar-refractivity contribution >= 4 is 29.1 Å². The van der Waals surface area contributed by atoms with E-state index in [2.05, 4.69) is 0 Å². The highest BCUT2D eigenvalue weighted by molar-refractivity contribution is 6.35. The van der Waals surface area contributed by atoms with Crippen molar-refractivity contribution in [2.75, 3.05) is 6.54 Å². The second-order valence-corrected chi connectivity index (χ2v) is 7.37. The van der Waals surface area contributed by atoms with Crippen molar-refractivity contribution in [3.8, 4) is 0 Å². The third kappa shape index (κ3) is 3.27. The van der Waals surface area contributed by atoms with E-state index in [1.54, 1.807) is 13.0 Å². The zero-order valence-corrected chi connectivity index (χ0v) is 14.1. The van der Waals surface area contributed by atoms with Gasteiger partial charge in [0.2, 0.25) is 5.91 Å². The molecule has 2 aliphatic rings. The third-order valence-corrected chi connectivity index (χ3v) is 5.31. The van der Waals surface area contributed by atoms with Crippen molar-refractivity contribution in [1.29, 1.82) is 0 Å². The first-order chi connectivity index (χ1) is 10.5. The molecule has 1 amide bonds. The van der Waals surface area contributed by atoms with Crippen LogP contribution in [0.25, 0.3) is 0 Å². The summed E-state index contributed by atoms with van der Waals surface area (Å²) in [5, 5.41) is 10.9. The van der Waals surface area contributed by atoms with Gasteiger partial charge in [-0.2, -0.15) is 0 Å². The summed E-state index contributed by atoms with van der Waals surface area (Å²) in [6.07, 6.45) is 3.19. The SMILES string of the molecule is CC(O)CC1CCCN1C(=O)C1CC1c1ccc(Cl)cc1Cl. The van der Waals surface area contributed by atoms with E-state index in [0.717, 1.165) is 31.4 Å². The standard InChI is InChI=1S/C17H21Cl2NO2/c1-10(21)7-12-3-2-6-20(12)17(22)15-9-14(15)13-5-4-11(18)8-16(13)19/h4-5,8,10,12,14-15,21H,2-3,6-7,9H2,1H3. The molecule has 3 nitrogen and oxygen atoms in total. The fourth-order valence-electron chi connectivity index (χ4n) is 3.59. The summed E-state index contributed by atoms with van der Waals surface area (Å²) in [4.78, 5) is 14.7. The van der Waals surface area contributed by atoms with E-state index in [1.807, 2.05) is 17.0 Å². The molecule has 4 atom stereocenters. The zero-order chi connectivity index (χ0) is 15.9.